The molecule has 1 unspecified atom stereocenters. The Morgan fingerprint density at radius 1 is 1.26 bits per heavy atom. The number of benzene rings is 1. The topological polar surface area (TPSA) is 85.8 Å². The molecular formula is C22H29BrN4O4. The van der Waals surface area contributed by atoms with Crippen LogP contribution in [0.1, 0.15) is 40.5 Å². The molecule has 9 heteroatoms. The first-order chi connectivity index (χ1) is 14.6. The Morgan fingerprint density at radius 2 is 1.94 bits per heavy atom. The SMILES string of the molecule is COc1ccc(Oc2nc(Br)cnc2NCC2(C)CCCN2C(=O)OC(C)(C)C)cc1. The minimum atomic E-state index is -0.537. The average molecular weight is 493 g/mol. The van der Waals surface area contributed by atoms with E-state index in [4.69, 9.17) is 14.2 Å². The van der Waals surface area contributed by atoms with Gasteiger partial charge in [0, 0.05) is 13.1 Å². The van der Waals surface area contributed by atoms with E-state index in [1.54, 1.807) is 30.3 Å². The molecule has 2 aromatic rings. The van der Waals surface area contributed by atoms with Crippen LogP contribution in [0.15, 0.2) is 35.1 Å². The summed E-state index contributed by atoms with van der Waals surface area (Å²) in [5.41, 5.74) is -0.945. The van der Waals surface area contributed by atoms with Crippen molar-refractivity contribution in [3.05, 3.63) is 35.1 Å². The number of anilines is 1. The molecule has 0 bridgehead atoms. The van der Waals surface area contributed by atoms with Crippen LogP contribution in [0.2, 0.25) is 0 Å². The number of ether oxygens (including phenoxy) is 3. The van der Waals surface area contributed by atoms with Gasteiger partial charge >= 0.3 is 6.09 Å². The van der Waals surface area contributed by atoms with Crippen molar-refractivity contribution >= 4 is 27.8 Å². The van der Waals surface area contributed by atoms with Crippen LogP contribution in [0.4, 0.5) is 10.6 Å². The molecule has 168 valence electrons. The van der Waals surface area contributed by atoms with Gasteiger partial charge < -0.3 is 24.4 Å². The second-order valence-electron chi connectivity index (χ2n) is 8.71. The number of likely N-dealkylation sites (tertiary alicyclic amines) is 1. The Hall–Kier alpha value is -2.55. The van der Waals surface area contributed by atoms with E-state index in [1.807, 2.05) is 39.8 Å². The van der Waals surface area contributed by atoms with Crippen LogP contribution in [0.5, 0.6) is 17.4 Å². The van der Waals surface area contributed by atoms with Crippen LogP contribution in [-0.4, -0.2) is 52.3 Å². The van der Waals surface area contributed by atoms with E-state index in [9.17, 15) is 4.79 Å². The summed E-state index contributed by atoms with van der Waals surface area (Å²) in [5.74, 6) is 2.18. The predicted octanol–water partition coefficient (Wildman–Crippen LogP) is 5.24. The molecule has 1 saturated heterocycles. The summed E-state index contributed by atoms with van der Waals surface area (Å²) in [5, 5.41) is 3.32. The second kappa shape index (κ2) is 9.30. The quantitative estimate of drug-likeness (QED) is 0.589. The van der Waals surface area contributed by atoms with E-state index < -0.39 is 11.1 Å². The highest BCUT2D eigenvalue weighted by Gasteiger charge is 2.41. The first-order valence-corrected chi connectivity index (χ1v) is 11.0. The van der Waals surface area contributed by atoms with Crippen LogP contribution < -0.4 is 14.8 Å². The van der Waals surface area contributed by atoms with Crippen LogP contribution in [-0.2, 0) is 4.74 Å². The molecule has 0 aliphatic carbocycles. The van der Waals surface area contributed by atoms with E-state index in [1.165, 1.54) is 0 Å². The van der Waals surface area contributed by atoms with Crippen molar-refractivity contribution in [2.75, 3.05) is 25.5 Å². The van der Waals surface area contributed by atoms with Gasteiger partial charge in [-0.2, -0.15) is 0 Å². The Kier molecular flexibility index (Phi) is 6.93. The smallest absolute Gasteiger partial charge is 0.410 e. The Bertz CT molecular complexity index is 917. The first-order valence-electron chi connectivity index (χ1n) is 10.2. The summed E-state index contributed by atoms with van der Waals surface area (Å²) < 4.78 is 17.3. The maximum Gasteiger partial charge on any atom is 0.410 e. The number of halogens is 1. The lowest BCUT2D eigenvalue weighted by Gasteiger charge is -2.36. The van der Waals surface area contributed by atoms with Gasteiger partial charge in [-0.3, -0.25) is 0 Å². The Labute approximate surface area is 191 Å². The molecule has 0 spiro atoms. The van der Waals surface area contributed by atoms with Crippen molar-refractivity contribution in [3.8, 4) is 17.4 Å². The number of nitrogens with zero attached hydrogens (tertiary/aromatic N) is 3. The maximum atomic E-state index is 12.7. The summed E-state index contributed by atoms with van der Waals surface area (Å²) in [6.07, 6.45) is 3.08. The van der Waals surface area contributed by atoms with Gasteiger partial charge in [0.05, 0.1) is 18.8 Å². The largest absolute Gasteiger partial charge is 0.497 e. The number of carbonyl (C=O) groups is 1. The number of hydrogen-bond acceptors (Lipinski definition) is 7. The highest BCUT2D eigenvalue weighted by atomic mass is 79.9. The minimum Gasteiger partial charge on any atom is -0.497 e. The van der Waals surface area contributed by atoms with Crippen LogP contribution >= 0.6 is 15.9 Å². The molecule has 1 aromatic carbocycles. The van der Waals surface area contributed by atoms with Crippen LogP contribution in [0.3, 0.4) is 0 Å². The third-order valence-corrected chi connectivity index (χ3v) is 5.37. The van der Waals surface area contributed by atoms with Gasteiger partial charge in [-0.1, -0.05) is 0 Å². The van der Waals surface area contributed by atoms with Gasteiger partial charge in [0.1, 0.15) is 21.7 Å². The normalized spacial score (nSPS) is 18.6. The lowest BCUT2D eigenvalue weighted by Crippen LogP contribution is -2.51. The van der Waals surface area contributed by atoms with Crippen molar-refractivity contribution < 1.29 is 19.0 Å². The Morgan fingerprint density at radius 3 is 2.58 bits per heavy atom. The third kappa shape index (κ3) is 6.00. The lowest BCUT2D eigenvalue weighted by atomic mass is 9.99. The molecule has 8 nitrogen and oxygen atoms in total. The van der Waals surface area contributed by atoms with Crippen molar-refractivity contribution in [3.63, 3.8) is 0 Å². The van der Waals surface area contributed by atoms with Crippen LogP contribution in [0.25, 0.3) is 0 Å². The summed E-state index contributed by atoms with van der Waals surface area (Å²) in [6.45, 7) is 8.81. The zero-order valence-corrected chi connectivity index (χ0v) is 20.2. The van der Waals surface area contributed by atoms with E-state index in [0.29, 0.717) is 35.1 Å². The van der Waals surface area contributed by atoms with Gasteiger partial charge in [0.25, 0.3) is 5.88 Å². The molecule has 0 radical (unpaired) electrons. The molecule has 31 heavy (non-hydrogen) atoms. The van der Waals surface area contributed by atoms with Crippen LogP contribution in [0, 0.1) is 0 Å². The standard InChI is InChI=1S/C22H29BrN4O4/c1-21(2,3)31-20(28)27-12-6-11-22(27,4)14-25-18-19(26-17(23)13-24-18)30-16-9-7-15(29-5)8-10-16/h7-10,13H,6,11-12,14H2,1-5H3,(H,24,25). The van der Waals surface area contributed by atoms with E-state index in [0.717, 1.165) is 18.6 Å². The second-order valence-corrected chi connectivity index (χ2v) is 9.52. The average Bonchev–Trinajstić information content (AvgIpc) is 3.09. The number of aromatic nitrogens is 2. The van der Waals surface area contributed by atoms with Gasteiger partial charge in [0.2, 0.25) is 0 Å². The molecular weight excluding hydrogens is 464 g/mol. The molecule has 3 rings (SSSR count). The van der Waals surface area contributed by atoms with E-state index in [-0.39, 0.29) is 6.09 Å². The maximum absolute atomic E-state index is 12.7. The first kappa shape index (κ1) is 23.1. The number of amides is 1. The summed E-state index contributed by atoms with van der Waals surface area (Å²) in [4.78, 5) is 23.3. The number of rotatable bonds is 6. The number of hydrogen-bond donors (Lipinski definition) is 1. The molecule has 1 aromatic heterocycles. The molecule has 2 heterocycles. The van der Waals surface area contributed by atoms with Gasteiger partial charge in [-0.05, 0) is 80.7 Å². The van der Waals surface area contributed by atoms with Crippen molar-refractivity contribution in [2.45, 2.75) is 51.7 Å². The number of carbonyl (C=O) groups excluding carboxylic acids is 1. The minimum absolute atomic E-state index is 0.300. The summed E-state index contributed by atoms with van der Waals surface area (Å²) in [6, 6.07) is 7.22. The number of nitrogens with one attached hydrogen (secondary N) is 1. The van der Waals surface area contributed by atoms with Crippen molar-refractivity contribution in [1.82, 2.24) is 14.9 Å². The summed E-state index contributed by atoms with van der Waals surface area (Å²) >= 11 is 3.35. The molecule has 1 atom stereocenters. The predicted molar refractivity (Wildman–Crippen MR) is 122 cm³/mol. The van der Waals surface area contributed by atoms with E-state index in [2.05, 4.69) is 31.2 Å². The fourth-order valence-corrected chi connectivity index (χ4v) is 3.67. The van der Waals surface area contributed by atoms with Crippen molar-refractivity contribution in [2.24, 2.45) is 0 Å². The monoisotopic (exact) mass is 492 g/mol. The molecule has 1 aliphatic rings. The Balaban J connectivity index is 1.74. The molecule has 1 N–H and O–H groups in total. The van der Waals surface area contributed by atoms with Gasteiger partial charge in [-0.25, -0.2) is 14.8 Å². The van der Waals surface area contributed by atoms with Crippen molar-refractivity contribution in [1.29, 1.82) is 0 Å². The molecule has 1 fully saturated rings. The number of methoxy groups -OCH3 is 1. The fraction of sp³-hybridized carbons (Fsp3) is 0.500. The lowest BCUT2D eigenvalue weighted by molar-refractivity contribution is 0.0125. The van der Waals surface area contributed by atoms with Gasteiger partial charge in [-0.15, -0.1) is 0 Å². The highest BCUT2D eigenvalue weighted by molar-refractivity contribution is 9.10. The molecule has 1 amide bonds. The third-order valence-electron chi connectivity index (χ3n) is 4.98. The molecule has 1 aliphatic heterocycles. The fourth-order valence-electron chi connectivity index (χ4n) is 3.41. The summed E-state index contributed by atoms with van der Waals surface area (Å²) in [7, 11) is 1.61. The van der Waals surface area contributed by atoms with Gasteiger partial charge in [0.15, 0.2) is 5.82 Å². The molecule has 0 saturated carbocycles. The zero-order valence-electron chi connectivity index (χ0n) is 18.6. The van der Waals surface area contributed by atoms with E-state index >= 15 is 0 Å². The highest BCUT2D eigenvalue weighted by Crippen LogP contribution is 2.33. The zero-order chi connectivity index (χ0) is 22.6.